The van der Waals surface area contributed by atoms with Crippen LogP contribution in [0.3, 0.4) is 0 Å². The van der Waals surface area contributed by atoms with Crippen LogP contribution in [0.5, 0.6) is 0 Å². The Hall–Kier alpha value is -1.89. The van der Waals surface area contributed by atoms with Gasteiger partial charge >= 0.3 is 6.18 Å². The third-order valence-corrected chi connectivity index (χ3v) is 2.73. The Morgan fingerprint density at radius 1 is 1.16 bits per heavy atom. The van der Waals surface area contributed by atoms with Crippen molar-refractivity contribution in [1.82, 2.24) is 9.97 Å². The molecule has 0 spiro atoms. The van der Waals surface area contributed by atoms with Gasteiger partial charge in [-0.15, -0.1) is 0 Å². The van der Waals surface area contributed by atoms with Gasteiger partial charge in [0.2, 0.25) is 0 Å². The molecule has 0 saturated carbocycles. The highest BCUT2D eigenvalue weighted by Gasteiger charge is 2.34. The number of rotatable bonds is 1. The molecule has 0 atom stereocenters. The topological polar surface area (TPSA) is 51.8 Å². The zero-order chi connectivity index (χ0) is 14.2. The molecule has 2 N–H and O–H groups in total. The molecule has 1 aromatic heterocycles. The Kier molecular flexibility index (Phi) is 3.32. The number of alkyl halides is 3. The highest BCUT2D eigenvalue weighted by Crippen LogP contribution is 2.36. The predicted molar refractivity (Wildman–Crippen MR) is 61.9 cm³/mol. The van der Waals surface area contributed by atoms with E-state index in [1.165, 1.54) is 0 Å². The number of aromatic nitrogens is 2. The van der Waals surface area contributed by atoms with E-state index >= 15 is 0 Å². The average molecular weight is 292 g/mol. The van der Waals surface area contributed by atoms with Crippen LogP contribution in [0.15, 0.2) is 24.5 Å². The number of nitrogens with two attached hydrogens (primary N) is 1. The largest absolute Gasteiger partial charge is 0.419 e. The van der Waals surface area contributed by atoms with Crippen LogP contribution >= 0.6 is 11.6 Å². The molecule has 0 amide bonds. The summed E-state index contributed by atoms with van der Waals surface area (Å²) in [7, 11) is 0. The van der Waals surface area contributed by atoms with Crippen LogP contribution in [0.1, 0.15) is 5.56 Å². The van der Waals surface area contributed by atoms with Gasteiger partial charge in [-0.3, -0.25) is 0 Å². The maximum atomic E-state index is 13.2. The quantitative estimate of drug-likeness (QED) is 0.818. The van der Waals surface area contributed by atoms with E-state index in [-0.39, 0.29) is 22.1 Å². The van der Waals surface area contributed by atoms with Crippen molar-refractivity contribution in [3.8, 4) is 11.3 Å². The monoisotopic (exact) mass is 291 g/mol. The molecule has 0 aliphatic rings. The fraction of sp³-hybridized carbons (Fsp3) is 0.0909. The fourth-order valence-corrected chi connectivity index (χ4v) is 1.68. The first-order chi connectivity index (χ1) is 8.80. The molecule has 0 saturated heterocycles. The van der Waals surface area contributed by atoms with E-state index in [9.17, 15) is 17.6 Å². The van der Waals surface area contributed by atoms with E-state index in [4.69, 9.17) is 17.3 Å². The van der Waals surface area contributed by atoms with Crippen LogP contribution in [0, 0.1) is 5.82 Å². The molecule has 1 aromatic carbocycles. The molecule has 0 aliphatic heterocycles. The van der Waals surface area contributed by atoms with Crippen LogP contribution in [-0.4, -0.2) is 9.97 Å². The summed E-state index contributed by atoms with van der Waals surface area (Å²) in [5.74, 6) is -1.43. The lowest BCUT2D eigenvalue weighted by molar-refractivity contribution is -0.139. The molecule has 100 valence electrons. The van der Waals surface area contributed by atoms with Crippen molar-refractivity contribution < 1.29 is 17.6 Å². The first-order valence-corrected chi connectivity index (χ1v) is 5.31. The SMILES string of the molecule is Nc1ncnc(-c2ccc(F)c(C(F)(F)F)c2)c1Cl. The predicted octanol–water partition coefficient (Wildman–Crippen LogP) is 3.54. The lowest BCUT2D eigenvalue weighted by Gasteiger charge is -2.10. The Bertz CT molecular complexity index is 628. The Balaban J connectivity index is 2.62. The first kappa shape index (κ1) is 13.5. The van der Waals surface area contributed by atoms with Gasteiger partial charge in [0.05, 0.1) is 11.3 Å². The first-order valence-electron chi connectivity index (χ1n) is 4.94. The van der Waals surface area contributed by atoms with Gasteiger partial charge in [-0.2, -0.15) is 13.2 Å². The van der Waals surface area contributed by atoms with Crippen LogP contribution in [0.4, 0.5) is 23.4 Å². The summed E-state index contributed by atoms with van der Waals surface area (Å²) in [5, 5.41) is -0.0813. The smallest absolute Gasteiger partial charge is 0.382 e. The third-order valence-electron chi connectivity index (χ3n) is 2.36. The summed E-state index contributed by atoms with van der Waals surface area (Å²) in [6.07, 6.45) is -3.74. The summed E-state index contributed by atoms with van der Waals surface area (Å²) in [6, 6.07) is 2.47. The van der Waals surface area contributed by atoms with Crippen molar-refractivity contribution in [3.63, 3.8) is 0 Å². The van der Waals surface area contributed by atoms with Crippen molar-refractivity contribution in [2.45, 2.75) is 6.18 Å². The highest BCUT2D eigenvalue weighted by atomic mass is 35.5. The molecular formula is C11H6ClF4N3. The molecule has 0 fully saturated rings. The molecule has 0 radical (unpaired) electrons. The van der Waals surface area contributed by atoms with E-state index < -0.39 is 17.6 Å². The van der Waals surface area contributed by atoms with Crippen LogP contribution in [-0.2, 0) is 6.18 Å². The average Bonchev–Trinajstić information content (AvgIpc) is 2.32. The number of benzene rings is 1. The lowest BCUT2D eigenvalue weighted by atomic mass is 10.1. The van der Waals surface area contributed by atoms with Crippen molar-refractivity contribution in [1.29, 1.82) is 0 Å². The van der Waals surface area contributed by atoms with Gasteiger partial charge in [-0.05, 0) is 18.2 Å². The highest BCUT2D eigenvalue weighted by molar-refractivity contribution is 6.35. The standard InChI is InChI=1S/C11H6ClF4N3/c12-8-9(18-4-19-10(8)17)5-1-2-7(13)6(3-5)11(14,15)16/h1-4H,(H2,17,18,19). The minimum atomic E-state index is -4.80. The van der Waals surface area contributed by atoms with Crippen LogP contribution < -0.4 is 5.73 Å². The summed E-state index contributed by atoms with van der Waals surface area (Å²) in [4.78, 5) is 7.34. The fourth-order valence-electron chi connectivity index (χ4n) is 1.47. The number of hydrogen-bond donors (Lipinski definition) is 1. The van der Waals surface area contributed by atoms with Gasteiger partial charge in [0.1, 0.15) is 23.0 Å². The Labute approximate surface area is 110 Å². The Morgan fingerprint density at radius 2 is 1.84 bits per heavy atom. The van der Waals surface area contributed by atoms with Crippen LogP contribution in [0.25, 0.3) is 11.3 Å². The zero-order valence-corrected chi connectivity index (χ0v) is 9.93. The van der Waals surface area contributed by atoms with E-state index in [1.807, 2.05) is 0 Å². The zero-order valence-electron chi connectivity index (χ0n) is 9.17. The van der Waals surface area contributed by atoms with E-state index in [0.717, 1.165) is 12.4 Å². The lowest BCUT2D eigenvalue weighted by Crippen LogP contribution is -2.08. The van der Waals surface area contributed by atoms with Crippen molar-refractivity contribution >= 4 is 17.4 Å². The summed E-state index contributed by atoms with van der Waals surface area (Å²) < 4.78 is 50.9. The van der Waals surface area contributed by atoms with Crippen LogP contribution in [0.2, 0.25) is 5.02 Å². The molecule has 8 heteroatoms. The molecule has 2 aromatic rings. The van der Waals surface area contributed by atoms with Gasteiger partial charge < -0.3 is 5.73 Å². The summed E-state index contributed by atoms with van der Waals surface area (Å²) in [5.41, 5.74) is 4.06. The van der Waals surface area contributed by atoms with Gasteiger partial charge in [-0.1, -0.05) is 11.6 Å². The minimum absolute atomic E-state index is 0.00725. The maximum Gasteiger partial charge on any atom is 0.419 e. The molecule has 1 heterocycles. The second-order valence-electron chi connectivity index (χ2n) is 3.61. The molecule has 0 bridgehead atoms. The number of nitrogens with zero attached hydrogens (tertiary/aromatic N) is 2. The summed E-state index contributed by atoms with van der Waals surface area (Å²) in [6.45, 7) is 0. The number of anilines is 1. The van der Waals surface area contributed by atoms with Crippen molar-refractivity contribution in [2.24, 2.45) is 0 Å². The van der Waals surface area contributed by atoms with E-state index in [0.29, 0.717) is 12.1 Å². The second kappa shape index (κ2) is 4.65. The van der Waals surface area contributed by atoms with Gasteiger partial charge in [0, 0.05) is 5.56 Å². The maximum absolute atomic E-state index is 13.2. The Morgan fingerprint density at radius 3 is 2.47 bits per heavy atom. The molecule has 2 rings (SSSR count). The number of halogens is 5. The second-order valence-corrected chi connectivity index (χ2v) is 3.99. The molecule has 0 unspecified atom stereocenters. The van der Waals surface area contributed by atoms with E-state index in [1.54, 1.807) is 0 Å². The van der Waals surface area contributed by atoms with Gasteiger partial charge in [0.25, 0.3) is 0 Å². The van der Waals surface area contributed by atoms with Crippen molar-refractivity contribution in [2.75, 3.05) is 5.73 Å². The van der Waals surface area contributed by atoms with Crippen molar-refractivity contribution in [3.05, 3.63) is 40.9 Å². The van der Waals surface area contributed by atoms with Gasteiger partial charge in [-0.25, -0.2) is 14.4 Å². The van der Waals surface area contributed by atoms with Gasteiger partial charge in [0.15, 0.2) is 0 Å². The molecule has 19 heavy (non-hydrogen) atoms. The number of hydrogen-bond acceptors (Lipinski definition) is 3. The molecule has 0 aliphatic carbocycles. The summed E-state index contributed by atoms with van der Waals surface area (Å²) >= 11 is 5.81. The molecular weight excluding hydrogens is 286 g/mol. The number of nitrogen functional groups attached to an aromatic ring is 1. The minimum Gasteiger partial charge on any atom is -0.382 e. The molecule has 3 nitrogen and oxygen atoms in total. The third kappa shape index (κ3) is 2.60. The van der Waals surface area contributed by atoms with E-state index in [2.05, 4.69) is 9.97 Å². The normalized spacial score (nSPS) is 11.6.